The normalized spacial score (nSPS) is 12.4. The maximum Gasteiger partial charge on any atom is 0.226 e. The Balaban J connectivity index is 2.15. The minimum Gasteiger partial charge on any atom is -0.497 e. The number of hydrogen-bond acceptors (Lipinski definition) is 4. The Morgan fingerprint density at radius 2 is 1.84 bits per heavy atom. The molecular weight excluding hydrogens is 340 g/mol. The van der Waals surface area contributed by atoms with E-state index in [0.29, 0.717) is 17.0 Å². The van der Waals surface area contributed by atoms with E-state index < -0.39 is 16.1 Å². The van der Waals surface area contributed by atoms with E-state index in [1.54, 1.807) is 37.4 Å². The lowest BCUT2D eigenvalue weighted by molar-refractivity contribution is -0.116. The fraction of sp³-hybridized carbons (Fsp3) is 0.278. The highest BCUT2D eigenvalue weighted by molar-refractivity contribution is 7.88. The number of benzene rings is 2. The molecule has 6 nitrogen and oxygen atoms in total. The molecule has 0 aliphatic carbocycles. The Morgan fingerprint density at radius 3 is 2.40 bits per heavy atom. The first kappa shape index (κ1) is 19.0. The van der Waals surface area contributed by atoms with Gasteiger partial charge in [0.1, 0.15) is 5.75 Å². The van der Waals surface area contributed by atoms with Crippen LogP contribution in [0.5, 0.6) is 5.75 Å². The molecule has 0 bridgehead atoms. The molecule has 25 heavy (non-hydrogen) atoms. The third-order valence-corrected chi connectivity index (χ3v) is 4.28. The number of sulfonamides is 1. The number of carbonyl (C=O) groups excluding carboxylic acids is 1. The second-order valence-electron chi connectivity index (χ2n) is 5.84. The number of rotatable bonds is 7. The first-order valence-corrected chi connectivity index (χ1v) is 9.64. The Hall–Kier alpha value is -2.38. The molecule has 2 aromatic rings. The average Bonchev–Trinajstić information content (AvgIpc) is 2.53. The smallest absolute Gasteiger partial charge is 0.226 e. The molecule has 0 heterocycles. The summed E-state index contributed by atoms with van der Waals surface area (Å²) in [5.41, 5.74) is 2.39. The van der Waals surface area contributed by atoms with Crippen molar-refractivity contribution in [3.63, 3.8) is 0 Å². The van der Waals surface area contributed by atoms with Gasteiger partial charge in [-0.2, -0.15) is 0 Å². The molecule has 0 spiro atoms. The summed E-state index contributed by atoms with van der Waals surface area (Å²) < 4.78 is 30.9. The first-order chi connectivity index (χ1) is 11.8. The van der Waals surface area contributed by atoms with Gasteiger partial charge in [0.25, 0.3) is 0 Å². The van der Waals surface area contributed by atoms with Gasteiger partial charge in [0, 0.05) is 12.1 Å². The van der Waals surface area contributed by atoms with E-state index in [9.17, 15) is 13.2 Å². The minimum absolute atomic E-state index is 0.0205. The van der Waals surface area contributed by atoms with Gasteiger partial charge in [-0.15, -0.1) is 0 Å². The summed E-state index contributed by atoms with van der Waals surface area (Å²) in [4.78, 5) is 12.3. The number of hydrogen-bond donors (Lipinski definition) is 2. The van der Waals surface area contributed by atoms with E-state index in [2.05, 4.69) is 10.0 Å². The van der Waals surface area contributed by atoms with Crippen LogP contribution >= 0.6 is 0 Å². The van der Waals surface area contributed by atoms with Gasteiger partial charge < -0.3 is 10.1 Å². The second kappa shape index (κ2) is 8.13. The summed E-state index contributed by atoms with van der Waals surface area (Å²) in [6.07, 6.45) is 1.05. The molecule has 0 fully saturated rings. The van der Waals surface area contributed by atoms with Crippen LogP contribution in [0.3, 0.4) is 0 Å². The molecule has 0 saturated heterocycles. The number of ether oxygens (including phenoxy) is 1. The zero-order chi connectivity index (χ0) is 18.4. The van der Waals surface area contributed by atoms with Crippen molar-refractivity contribution in [3.8, 4) is 5.75 Å². The van der Waals surface area contributed by atoms with E-state index >= 15 is 0 Å². The molecule has 0 aromatic heterocycles. The Labute approximate surface area is 148 Å². The maximum absolute atomic E-state index is 12.3. The number of carbonyl (C=O) groups is 1. The number of nitrogens with one attached hydrogen (secondary N) is 2. The molecule has 2 aromatic carbocycles. The Bertz CT molecular complexity index is 832. The summed E-state index contributed by atoms with van der Waals surface area (Å²) in [7, 11) is -1.92. The predicted molar refractivity (Wildman–Crippen MR) is 98.1 cm³/mol. The summed E-state index contributed by atoms with van der Waals surface area (Å²) in [6, 6.07) is 13.7. The molecule has 2 N–H and O–H groups in total. The predicted octanol–water partition coefficient (Wildman–Crippen LogP) is 2.62. The SMILES string of the molecule is COc1ccc([C@H](CC(=O)Nc2cccc(C)c2)NS(C)(=O)=O)cc1. The third kappa shape index (κ3) is 6.21. The lowest BCUT2D eigenvalue weighted by Gasteiger charge is -2.18. The molecule has 0 radical (unpaired) electrons. The molecule has 2 rings (SSSR count). The van der Waals surface area contributed by atoms with Crippen LogP contribution in [0.25, 0.3) is 0 Å². The molecule has 0 saturated carbocycles. The number of methoxy groups -OCH3 is 1. The summed E-state index contributed by atoms with van der Waals surface area (Å²) in [5.74, 6) is 0.383. The van der Waals surface area contributed by atoms with E-state index in [1.807, 2.05) is 25.1 Å². The highest BCUT2D eigenvalue weighted by Gasteiger charge is 2.20. The average molecular weight is 362 g/mol. The zero-order valence-corrected chi connectivity index (χ0v) is 15.3. The summed E-state index contributed by atoms with van der Waals surface area (Å²) >= 11 is 0. The molecule has 0 unspecified atom stereocenters. The number of aryl methyl sites for hydroxylation is 1. The molecule has 0 aliphatic rings. The second-order valence-corrected chi connectivity index (χ2v) is 7.62. The van der Waals surface area contributed by atoms with Crippen molar-refractivity contribution in [3.05, 3.63) is 59.7 Å². The lowest BCUT2D eigenvalue weighted by atomic mass is 10.0. The zero-order valence-electron chi connectivity index (χ0n) is 14.4. The quantitative estimate of drug-likeness (QED) is 0.793. The van der Waals surface area contributed by atoms with Crippen molar-refractivity contribution in [1.29, 1.82) is 0 Å². The minimum atomic E-state index is -3.47. The Morgan fingerprint density at radius 1 is 1.16 bits per heavy atom. The summed E-state index contributed by atoms with van der Waals surface area (Å²) in [5, 5.41) is 2.79. The van der Waals surface area contributed by atoms with Gasteiger partial charge in [-0.3, -0.25) is 4.79 Å². The first-order valence-electron chi connectivity index (χ1n) is 7.74. The van der Waals surface area contributed by atoms with E-state index in [4.69, 9.17) is 4.74 Å². The van der Waals surface area contributed by atoms with Crippen LogP contribution in [0.15, 0.2) is 48.5 Å². The van der Waals surface area contributed by atoms with Crippen molar-refractivity contribution in [2.45, 2.75) is 19.4 Å². The van der Waals surface area contributed by atoms with Gasteiger partial charge in [-0.25, -0.2) is 13.1 Å². The van der Waals surface area contributed by atoms with Crippen LogP contribution in [0, 0.1) is 6.92 Å². The van der Waals surface area contributed by atoms with Crippen molar-refractivity contribution < 1.29 is 17.9 Å². The lowest BCUT2D eigenvalue weighted by Crippen LogP contribution is -2.30. The van der Waals surface area contributed by atoms with Crippen LogP contribution in [-0.4, -0.2) is 27.7 Å². The van der Waals surface area contributed by atoms with E-state index in [-0.39, 0.29) is 12.3 Å². The van der Waals surface area contributed by atoms with E-state index in [0.717, 1.165) is 11.8 Å². The number of anilines is 1. The topological polar surface area (TPSA) is 84.5 Å². The fourth-order valence-corrected chi connectivity index (χ4v) is 3.18. The van der Waals surface area contributed by atoms with Gasteiger partial charge in [-0.1, -0.05) is 24.3 Å². The van der Waals surface area contributed by atoms with Crippen LogP contribution < -0.4 is 14.8 Å². The largest absolute Gasteiger partial charge is 0.497 e. The maximum atomic E-state index is 12.3. The highest BCUT2D eigenvalue weighted by Crippen LogP contribution is 2.22. The van der Waals surface area contributed by atoms with Gasteiger partial charge in [0.2, 0.25) is 15.9 Å². The van der Waals surface area contributed by atoms with Gasteiger partial charge >= 0.3 is 0 Å². The highest BCUT2D eigenvalue weighted by atomic mass is 32.2. The fourth-order valence-electron chi connectivity index (χ4n) is 2.44. The van der Waals surface area contributed by atoms with Crippen molar-refractivity contribution >= 4 is 21.6 Å². The molecule has 134 valence electrons. The van der Waals surface area contributed by atoms with Crippen molar-refractivity contribution in [2.24, 2.45) is 0 Å². The van der Waals surface area contributed by atoms with Crippen molar-refractivity contribution in [1.82, 2.24) is 4.72 Å². The molecular formula is C18H22N2O4S. The van der Waals surface area contributed by atoms with Crippen LogP contribution in [0.2, 0.25) is 0 Å². The van der Waals surface area contributed by atoms with Crippen molar-refractivity contribution in [2.75, 3.05) is 18.7 Å². The van der Waals surface area contributed by atoms with Gasteiger partial charge in [0.15, 0.2) is 0 Å². The molecule has 7 heteroatoms. The monoisotopic (exact) mass is 362 g/mol. The molecule has 1 amide bonds. The Kier molecular flexibility index (Phi) is 6.17. The van der Waals surface area contributed by atoms with Gasteiger partial charge in [0.05, 0.1) is 19.4 Å². The standard InChI is InChI=1S/C18H22N2O4S/c1-13-5-4-6-15(11-13)19-18(21)12-17(20-25(3,22)23)14-7-9-16(24-2)10-8-14/h4-11,17,20H,12H2,1-3H3,(H,19,21)/t17-/m0/s1. The van der Waals surface area contributed by atoms with E-state index in [1.165, 1.54) is 0 Å². The van der Waals surface area contributed by atoms with Crippen LogP contribution in [-0.2, 0) is 14.8 Å². The van der Waals surface area contributed by atoms with Gasteiger partial charge in [-0.05, 0) is 42.3 Å². The summed E-state index contributed by atoms with van der Waals surface area (Å²) in [6.45, 7) is 1.93. The third-order valence-electron chi connectivity index (χ3n) is 3.57. The molecule has 1 atom stereocenters. The van der Waals surface area contributed by atoms with Crippen LogP contribution in [0.4, 0.5) is 5.69 Å². The number of amides is 1. The molecule has 0 aliphatic heterocycles. The van der Waals surface area contributed by atoms with Crippen LogP contribution in [0.1, 0.15) is 23.6 Å².